The average molecular weight is 356 g/mol. The van der Waals surface area contributed by atoms with Crippen LogP contribution in [0.2, 0.25) is 0 Å². The monoisotopic (exact) mass is 356 g/mol. The maximum absolute atomic E-state index is 12.4. The van der Waals surface area contributed by atoms with Crippen LogP contribution in [0.3, 0.4) is 0 Å². The third kappa shape index (κ3) is 3.11. The largest absolute Gasteiger partial charge is 0.480 e. The van der Waals surface area contributed by atoms with E-state index in [4.69, 9.17) is 0 Å². The Balaban J connectivity index is 2.46. The quantitative estimate of drug-likeness (QED) is 0.427. The molecular formula is C13H12N2O8S. The lowest BCUT2D eigenvalue weighted by molar-refractivity contribution is -0.385. The number of nitro groups is 1. The molecule has 2 rings (SSSR count). The van der Waals surface area contributed by atoms with E-state index in [-0.39, 0.29) is 5.56 Å². The van der Waals surface area contributed by atoms with Gasteiger partial charge in [0.1, 0.15) is 21.4 Å². The fourth-order valence-electron chi connectivity index (χ4n) is 2.41. The van der Waals surface area contributed by atoms with Gasteiger partial charge in [-0.3, -0.25) is 24.6 Å². The summed E-state index contributed by atoms with van der Waals surface area (Å²) < 4.78 is 22.5. The van der Waals surface area contributed by atoms with Crippen molar-refractivity contribution >= 4 is 33.3 Å². The van der Waals surface area contributed by atoms with Crippen LogP contribution in [-0.2, 0) is 14.6 Å². The summed E-state index contributed by atoms with van der Waals surface area (Å²) in [4.78, 5) is 46.6. The number of nitrogens with zero attached hydrogens (tertiary/aromatic N) is 2. The molecule has 0 spiro atoms. The lowest BCUT2D eigenvalue weighted by Gasteiger charge is -2.21. The number of hydrogen-bond acceptors (Lipinski definition) is 7. The van der Waals surface area contributed by atoms with Crippen LogP contribution in [-0.4, -0.2) is 59.2 Å². The zero-order chi connectivity index (χ0) is 18.2. The zero-order valence-corrected chi connectivity index (χ0v) is 13.1. The number of carbonyl (C=O) groups excluding carboxylic acids is 2. The molecule has 1 heterocycles. The Morgan fingerprint density at radius 1 is 1.33 bits per heavy atom. The number of benzene rings is 1. The molecule has 2 amide bonds. The molecule has 0 fully saturated rings. The van der Waals surface area contributed by atoms with Crippen molar-refractivity contribution in [3.63, 3.8) is 0 Å². The average Bonchev–Trinajstić information content (AvgIpc) is 2.71. The van der Waals surface area contributed by atoms with Gasteiger partial charge in [0, 0.05) is 12.3 Å². The summed E-state index contributed by atoms with van der Waals surface area (Å²) in [6, 6.07) is 1.68. The Hall–Kier alpha value is -2.82. The molecule has 0 saturated heterocycles. The molecule has 0 aliphatic carbocycles. The van der Waals surface area contributed by atoms with Gasteiger partial charge >= 0.3 is 5.97 Å². The number of carboxylic acids is 1. The van der Waals surface area contributed by atoms with Crippen LogP contribution in [0.4, 0.5) is 5.69 Å². The minimum absolute atomic E-state index is 0.278. The van der Waals surface area contributed by atoms with Crippen LogP contribution in [0.25, 0.3) is 0 Å². The maximum atomic E-state index is 12.4. The van der Waals surface area contributed by atoms with Crippen molar-refractivity contribution in [1.29, 1.82) is 0 Å². The highest BCUT2D eigenvalue weighted by atomic mass is 32.2. The van der Waals surface area contributed by atoms with E-state index in [0.29, 0.717) is 4.90 Å². The molecular weight excluding hydrogens is 344 g/mol. The van der Waals surface area contributed by atoms with Gasteiger partial charge in [0.15, 0.2) is 0 Å². The molecule has 1 aliphatic rings. The normalized spacial score (nSPS) is 15.3. The van der Waals surface area contributed by atoms with Crippen LogP contribution in [0.15, 0.2) is 18.2 Å². The number of sulfone groups is 1. The fraction of sp³-hybridized carbons (Fsp3) is 0.308. The second-order valence-electron chi connectivity index (χ2n) is 5.21. The van der Waals surface area contributed by atoms with E-state index < -0.39 is 62.0 Å². The summed E-state index contributed by atoms with van der Waals surface area (Å²) in [5.41, 5.74) is -1.38. The fourth-order valence-corrected chi connectivity index (χ4v) is 3.06. The lowest BCUT2D eigenvalue weighted by Crippen LogP contribution is -2.45. The molecule has 1 aromatic rings. The van der Waals surface area contributed by atoms with E-state index >= 15 is 0 Å². The molecule has 10 nitrogen and oxygen atoms in total. The summed E-state index contributed by atoms with van der Waals surface area (Å²) >= 11 is 0. The van der Waals surface area contributed by atoms with E-state index in [2.05, 4.69) is 0 Å². The van der Waals surface area contributed by atoms with Crippen molar-refractivity contribution in [2.75, 3.05) is 12.0 Å². The summed E-state index contributed by atoms with van der Waals surface area (Å²) in [7, 11) is -3.53. The van der Waals surface area contributed by atoms with Crippen molar-refractivity contribution in [1.82, 2.24) is 4.90 Å². The highest BCUT2D eigenvalue weighted by Gasteiger charge is 2.46. The number of imide groups is 1. The Bertz CT molecular complexity index is 861. The molecule has 1 aromatic carbocycles. The molecule has 0 radical (unpaired) electrons. The number of aliphatic carboxylic acids is 1. The second-order valence-corrected chi connectivity index (χ2v) is 7.47. The van der Waals surface area contributed by atoms with Gasteiger partial charge in [0.25, 0.3) is 17.5 Å². The number of carbonyl (C=O) groups is 3. The van der Waals surface area contributed by atoms with Crippen LogP contribution in [0, 0.1) is 10.1 Å². The van der Waals surface area contributed by atoms with Gasteiger partial charge < -0.3 is 5.11 Å². The first-order chi connectivity index (χ1) is 11.0. The molecule has 11 heteroatoms. The molecule has 1 atom stereocenters. The summed E-state index contributed by atoms with van der Waals surface area (Å²) in [6.07, 6.45) is 0.382. The van der Waals surface area contributed by atoms with Crippen LogP contribution < -0.4 is 0 Å². The predicted molar refractivity (Wildman–Crippen MR) is 79.3 cm³/mol. The molecule has 128 valence electrons. The van der Waals surface area contributed by atoms with E-state index in [1.807, 2.05) is 0 Å². The number of hydrogen-bond donors (Lipinski definition) is 1. The molecule has 24 heavy (non-hydrogen) atoms. The third-order valence-electron chi connectivity index (χ3n) is 3.48. The molecule has 0 saturated carbocycles. The van der Waals surface area contributed by atoms with Crippen LogP contribution in [0.1, 0.15) is 27.1 Å². The van der Waals surface area contributed by atoms with Gasteiger partial charge in [-0.1, -0.05) is 6.07 Å². The minimum Gasteiger partial charge on any atom is -0.480 e. The van der Waals surface area contributed by atoms with Crippen molar-refractivity contribution in [3.05, 3.63) is 39.4 Å². The Morgan fingerprint density at radius 2 is 1.96 bits per heavy atom. The standard InChI is InChI=1S/C13H12N2O8S/c1-24(22,23)6-5-9(13(18)19)14-11(16)7-3-2-4-8(15(20)21)10(7)12(14)17/h2-4,9H,5-6H2,1H3,(H,18,19). The Labute approximate surface area is 135 Å². The number of rotatable bonds is 6. The molecule has 1 aliphatic heterocycles. The van der Waals surface area contributed by atoms with E-state index in [0.717, 1.165) is 12.3 Å². The summed E-state index contributed by atoms with van der Waals surface area (Å²) in [5.74, 6) is -4.25. The summed E-state index contributed by atoms with van der Waals surface area (Å²) in [5, 5.41) is 20.3. The van der Waals surface area contributed by atoms with Gasteiger partial charge in [-0.2, -0.15) is 0 Å². The van der Waals surface area contributed by atoms with Gasteiger partial charge in [0.2, 0.25) is 0 Å². The Morgan fingerprint density at radius 3 is 2.46 bits per heavy atom. The number of carboxylic acid groups (broad SMARTS) is 1. The van der Waals surface area contributed by atoms with Gasteiger partial charge in [-0.25, -0.2) is 13.2 Å². The second kappa shape index (κ2) is 6.00. The van der Waals surface area contributed by atoms with Crippen molar-refractivity contribution in [3.8, 4) is 0 Å². The van der Waals surface area contributed by atoms with Crippen LogP contribution in [0.5, 0.6) is 0 Å². The summed E-state index contributed by atoms with van der Waals surface area (Å²) in [6.45, 7) is 0. The number of amides is 2. The van der Waals surface area contributed by atoms with E-state index in [1.54, 1.807) is 0 Å². The topological polar surface area (TPSA) is 152 Å². The van der Waals surface area contributed by atoms with Gasteiger partial charge in [-0.05, 0) is 12.5 Å². The number of nitro benzene ring substituents is 1. The number of fused-ring (bicyclic) bond motifs is 1. The Kier molecular flexibility index (Phi) is 4.38. The molecule has 1 unspecified atom stereocenters. The molecule has 1 N–H and O–H groups in total. The van der Waals surface area contributed by atoms with Crippen LogP contribution >= 0.6 is 0 Å². The predicted octanol–water partition coefficient (Wildman–Crippen LogP) is 0.0787. The highest BCUT2D eigenvalue weighted by Crippen LogP contribution is 2.32. The minimum atomic E-state index is -3.53. The first-order valence-corrected chi connectivity index (χ1v) is 8.66. The van der Waals surface area contributed by atoms with Gasteiger partial charge in [0.05, 0.1) is 16.2 Å². The molecule has 0 aromatic heterocycles. The zero-order valence-electron chi connectivity index (χ0n) is 12.3. The van der Waals surface area contributed by atoms with E-state index in [9.17, 15) is 38.0 Å². The van der Waals surface area contributed by atoms with Crippen molar-refractivity contribution in [2.24, 2.45) is 0 Å². The maximum Gasteiger partial charge on any atom is 0.326 e. The van der Waals surface area contributed by atoms with E-state index in [1.165, 1.54) is 12.1 Å². The van der Waals surface area contributed by atoms with Crippen molar-refractivity contribution < 1.29 is 32.8 Å². The SMILES string of the molecule is CS(=O)(=O)CCC(C(=O)O)N1C(=O)c2cccc([N+](=O)[O-])c2C1=O. The van der Waals surface area contributed by atoms with Gasteiger partial charge in [-0.15, -0.1) is 0 Å². The van der Waals surface area contributed by atoms with Crippen molar-refractivity contribution in [2.45, 2.75) is 12.5 Å². The molecule has 0 bridgehead atoms. The first kappa shape index (κ1) is 17.5. The lowest BCUT2D eigenvalue weighted by atomic mass is 10.1. The smallest absolute Gasteiger partial charge is 0.326 e. The third-order valence-corrected chi connectivity index (χ3v) is 4.46. The highest BCUT2D eigenvalue weighted by molar-refractivity contribution is 7.90. The first-order valence-electron chi connectivity index (χ1n) is 6.60.